The largest absolute Gasteiger partial charge is 0.384 e. The number of piperidine rings is 1. The van der Waals surface area contributed by atoms with Gasteiger partial charge in [-0.2, -0.15) is 0 Å². The van der Waals surface area contributed by atoms with Gasteiger partial charge in [-0.05, 0) is 44.4 Å². The molecular formula is C14H21NO2S. The lowest BCUT2D eigenvalue weighted by atomic mass is 9.99. The fraction of sp³-hybridized carbons (Fsp3) is 0.643. The molecule has 1 atom stereocenters. The first-order valence-electron chi connectivity index (χ1n) is 6.50. The first kappa shape index (κ1) is 13.7. The molecule has 0 saturated carbocycles. The van der Waals surface area contributed by atoms with Gasteiger partial charge >= 0.3 is 0 Å². The van der Waals surface area contributed by atoms with E-state index >= 15 is 0 Å². The van der Waals surface area contributed by atoms with Gasteiger partial charge < -0.3 is 4.74 Å². The summed E-state index contributed by atoms with van der Waals surface area (Å²) >= 11 is 1.59. The molecule has 1 aliphatic heterocycles. The van der Waals surface area contributed by atoms with Gasteiger partial charge in [0.05, 0.1) is 18.0 Å². The number of aryl methyl sites for hydroxylation is 1. The van der Waals surface area contributed by atoms with Crippen molar-refractivity contribution < 1.29 is 9.53 Å². The number of rotatable bonds is 5. The van der Waals surface area contributed by atoms with Gasteiger partial charge in [-0.25, -0.2) is 0 Å². The monoisotopic (exact) mass is 267 g/mol. The van der Waals surface area contributed by atoms with Crippen LogP contribution in [0, 0.1) is 12.8 Å². The Bertz CT molecular complexity index is 400. The minimum atomic E-state index is 0.256. The van der Waals surface area contributed by atoms with Crippen molar-refractivity contribution >= 4 is 17.1 Å². The van der Waals surface area contributed by atoms with Crippen LogP contribution in [0.15, 0.2) is 12.1 Å². The number of carbonyl (C=O) groups is 1. The van der Waals surface area contributed by atoms with Crippen LogP contribution in [-0.2, 0) is 4.74 Å². The zero-order chi connectivity index (χ0) is 13.0. The van der Waals surface area contributed by atoms with Crippen molar-refractivity contribution in [3.8, 4) is 0 Å². The van der Waals surface area contributed by atoms with E-state index in [4.69, 9.17) is 4.74 Å². The predicted molar refractivity (Wildman–Crippen MR) is 74.4 cm³/mol. The Morgan fingerprint density at radius 3 is 3.06 bits per heavy atom. The Balaban J connectivity index is 1.87. The van der Waals surface area contributed by atoms with Crippen LogP contribution in [0.1, 0.15) is 27.4 Å². The van der Waals surface area contributed by atoms with Gasteiger partial charge in [-0.1, -0.05) is 0 Å². The molecule has 1 aromatic rings. The molecule has 0 N–H and O–H groups in total. The Morgan fingerprint density at radius 1 is 1.56 bits per heavy atom. The van der Waals surface area contributed by atoms with E-state index in [2.05, 4.69) is 4.90 Å². The van der Waals surface area contributed by atoms with Crippen LogP contribution in [-0.4, -0.2) is 44.0 Å². The number of carbonyl (C=O) groups excluding carboxylic acids is 1. The van der Waals surface area contributed by atoms with Gasteiger partial charge in [0.1, 0.15) is 0 Å². The molecule has 100 valence electrons. The molecule has 4 heteroatoms. The lowest BCUT2D eigenvalue weighted by molar-refractivity contribution is 0.0760. The normalized spacial score (nSPS) is 21.1. The Labute approximate surface area is 113 Å². The molecule has 0 bridgehead atoms. The van der Waals surface area contributed by atoms with Crippen molar-refractivity contribution in [3.05, 3.63) is 21.9 Å². The number of hydrogen-bond acceptors (Lipinski definition) is 4. The maximum absolute atomic E-state index is 12.1. The molecule has 0 spiro atoms. The van der Waals surface area contributed by atoms with E-state index in [0.29, 0.717) is 12.5 Å². The maximum atomic E-state index is 12.1. The Kier molecular flexibility index (Phi) is 4.92. The first-order valence-corrected chi connectivity index (χ1v) is 7.31. The van der Waals surface area contributed by atoms with Crippen LogP contribution >= 0.6 is 11.3 Å². The van der Waals surface area contributed by atoms with E-state index < -0.39 is 0 Å². The number of ketones is 1. The molecule has 1 saturated heterocycles. The second-order valence-corrected chi connectivity index (χ2v) is 6.32. The van der Waals surface area contributed by atoms with Crippen molar-refractivity contribution in [1.82, 2.24) is 4.90 Å². The summed E-state index contributed by atoms with van der Waals surface area (Å²) in [6, 6.07) is 3.96. The van der Waals surface area contributed by atoms with Crippen LogP contribution in [0.3, 0.4) is 0 Å². The summed E-state index contributed by atoms with van der Waals surface area (Å²) < 4.78 is 5.21. The summed E-state index contributed by atoms with van der Waals surface area (Å²) in [4.78, 5) is 16.5. The summed E-state index contributed by atoms with van der Waals surface area (Å²) in [6.45, 7) is 5.43. The zero-order valence-electron chi connectivity index (χ0n) is 11.1. The average Bonchev–Trinajstić information content (AvgIpc) is 2.77. The molecule has 2 rings (SSSR count). The van der Waals surface area contributed by atoms with Gasteiger partial charge in [0, 0.05) is 18.5 Å². The minimum absolute atomic E-state index is 0.256. The van der Waals surface area contributed by atoms with E-state index in [0.717, 1.165) is 24.6 Å². The second-order valence-electron chi connectivity index (χ2n) is 5.03. The smallest absolute Gasteiger partial charge is 0.186 e. The number of ether oxygens (including phenoxy) is 1. The highest BCUT2D eigenvalue weighted by Gasteiger charge is 2.22. The SMILES string of the molecule is COCC1CCCN(CC(=O)c2ccc(C)s2)C1. The highest BCUT2D eigenvalue weighted by molar-refractivity contribution is 7.14. The van der Waals surface area contributed by atoms with E-state index in [9.17, 15) is 4.79 Å². The molecule has 0 aliphatic carbocycles. The van der Waals surface area contributed by atoms with Crippen LogP contribution < -0.4 is 0 Å². The molecule has 0 radical (unpaired) electrons. The van der Waals surface area contributed by atoms with Crippen LogP contribution in [0.2, 0.25) is 0 Å². The van der Waals surface area contributed by atoms with Crippen molar-refractivity contribution in [2.75, 3.05) is 33.4 Å². The van der Waals surface area contributed by atoms with Crippen LogP contribution in [0.4, 0.5) is 0 Å². The third-order valence-electron chi connectivity index (χ3n) is 3.39. The number of nitrogens with zero attached hydrogens (tertiary/aromatic N) is 1. The topological polar surface area (TPSA) is 29.5 Å². The van der Waals surface area contributed by atoms with Crippen molar-refractivity contribution in [3.63, 3.8) is 0 Å². The van der Waals surface area contributed by atoms with Crippen molar-refractivity contribution in [2.24, 2.45) is 5.92 Å². The van der Waals surface area contributed by atoms with Crippen molar-refractivity contribution in [2.45, 2.75) is 19.8 Å². The fourth-order valence-corrected chi connectivity index (χ4v) is 3.33. The highest BCUT2D eigenvalue weighted by atomic mass is 32.1. The molecule has 1 aromatic heterocycles. The van der Waals surface area contributed by atoms with Gasteiger partial charge in [0.2, 0.25) is 0 Å². The molecule has 18 heavy (non-hydrogen) atoms. The van der Waals surface area contributed by atoms with E-state index in [1.807, 2.05) is 19.1 Å². The lowest BCUT2D eigenvalue weighted by Gasteiger charge is -2.31. The van der Waals surface area contributed by atoms with Gasteiger partial charge in [0.25, 0.3) is 0 Å². The van der Waals surface area contributed by atoms with Crippen molar-refractivity contribution in [1.29, 1.82) is 0 Å². The summed E-state index contributed by atoms with van der Waals surface area (Å²) in [5.41, 5.74) is 0. The van der Waals surface area contributed by atoms with Crippen LogP contribution in [0.25, 0.3) is 0 Å². The third-order valence-corrected chi connectivity index (χ3v) is 4.43. The average molecular weight is 267 g/mol. The fourth-order valence-electron chi connectivity index (χ4n) is 2.53. The minimum Gasteiger partial charge on any atom is -0.384 e. The molecule has 2 heterocycles. The summed E-state index contributed by atoms with van der Waals surface area (Å²) in [6.07, 6.45) is 2.39. The zero-order valence-corrected chi connectivity index (χ0v) is 12.0. The van der Waals surface area contributed by atoms with Gasteiger partial charge in [-0.15, -0.1) is 11.3 Å². The van der Waals surface area contributed by atoms with Gasteiger partial charge in [0.15, 0.2) is 5.78 Å². The lowest BCUT2D eigenvalue weighted by Crippen LogP contribution is -2.39. The standard InChI is InChI=1S/C14H21NO2S/c1-11-5-6-14(18-11)13(16)9-15-7-3-4-12(8-15)10-17-2/h5-6,12H,3-4,7-10H2,1-2H3. The predicted octanol–water partition coefficient (Wildman–Crippen LogP) is 2.60. The molecule has 1 fully saturated rings. The highest BCUT2D eigenvalue weighted by Crippen LogP contribution is 2.19. The molecule has 3 nitrogen and oxygen atoms in total. The molecular weight excluding hydrogens is 246 g/mol. The quantitative estimate of drug-likeness (QED) is 0.768. The third kappa shape index (κ3) is 3.64. The molecule has 1 unspecified atom stereocenters. The number of hydrogen-bond donors (Lipinski definition) is 0. The van der Waals surface area contributed by atoms with E-state index in [1.165, 1.54) is 17.7 Å². The Hall–Kier alpha value is -0.710. The number of Topliss-reactive ketones (excluding diaryl/α,β-unsaturated/α-hetero) is 1. The molecule has 0 amide bonds. The van der Waals surface area contributed by atoms with Gasteiger partial charge in [-0.3, -0.25) is 9.69 Å². The number of likely N-dealkylation sites (tertiary alicyclic amines) is 1. The van der Waals surface area contributed by atoms with Crippen LogP contribution in [0.5, 0.6) is 0 Å². The molecule has 0 aromatic carbocycles. The second kappa shape index (κ2) is 6.45. The Morgan fingerprint density at radius 2 is 2.39 bits per heavy atom. The number of methoxy groups -OCH3 is 1. The summed E-state index contributed by atoms with van der Waals surface area (Å²) in [7, 11) is 1.75. The number of thiophene rings is 1. The summed E-state index contributed by atoms with van der Waals surface area (Å²) in [5.74, 6) is 0.841. The maximum Gasteiger partial charge on any atom is 0.186 e. The van der Waals surface area contributed by atoms with E-state index in [1.54, 1.807) is 18.4 Å². The molecule has 1 aliphatic rings. The summed E-state index contributed by atoms with van der Waals surface area (Å²) in [5, 5.41) is 0. The first-order chi connectivity index (χ1) is 8.69. The van der Waals surface area contributed by atoms with E-state index in [-0.39, 0.29) is 5.78 Å².